The maximum absolute atomic E-state index is 13.8. The molecule has 7 nitrogen and oxygen atoms in total. The molecule has 0 saturated carbocycles. The summed E-state index contributed by atoms with van der Waals surface area (Å²) in [6, 6.07) is 18.2. The molecule has 0 spiro atoms. The lowest BCUT2D eigenvalue weighted by Gasteiger charge is -2.39. The van der Waals surface area contributed by atoms with Gasteiger partial charge in [-0.3, -0.25) is 4.79 Å². The van der Waals surface area contributed by atoms with Crippen LogP contribution in [0.4, 0.5) is 5.69 Å². The maximum atomic E-state index is 13.8. The van der Waals surface area contributed by atoms with Crippen LogP contribution in [0.15, 0.2) is 60.7 Å². The van der Waals surface area contributed by atoms with E-state index in [9.17, 15) is 18.3 Å². The Morgan fingerprint density at radius 2 is 1.63 bits per heavy atom. The van der Waals surface area contributed by atoms with Crippen molar-refractivity contribution in [1.82, 2.24) is 0 Å². The largest absolute Gasteiger partial charge is 0.493 e. The van der Waals surface area contributed by atoms with E-state index in [2.05, 4.69) is 0 Å². The zero-order valence-electron chi connectivity index (χ0n) is 23.8. The molecule has 0 aliphatic carbocycles. The number of anilines is 1. The van der Waals surface area contributed by atoms with E-state index in [-0.39, 0.29) is 35.9 Å². The number of nitrogens with zero attached hydrogens (tertiary/aromatic N) is 1. The summed E-state index contributed by atoms with van der Waals surface area (Å²) in [6.07, 6.45) is 0.957. The van der Waals surface area contributed by atoms with E-state index in [1.54, 1.807) is 18.9 Å². The molecule has 0 bridgehead atoms. The molecular weight excluding hydrogens is 562 g/mol. The topological polar surface area (TPSA) is 93.1 Å². The molecule has 0 radical (unpaired) electrons. The summed E-state index contributed by atoms with van der Waals surface area (Å²) >= 11 is 6.22. The molecule has 3 aromatic rings. The Bertz CT molecular complexity index is 1520. The number of methoxy groups -OCH3 is 1. The number of benzene rings is 3. The van der Waals surface area contributed by atoms with Crippen LogP contribution in [0.5, 0.6) is 11.5 Å². The van der Waals surface area contributed by atoms with Crippen molar-refractivity contribution in [3.63, 3.8) is 0 Å². The number of amides is 1. The summed E-state index contributed by atoms with van der Waals surface area (Å²) < 4.78 is 35.5. The molecule has 2 heterocycles. The molecule has 2 atom stereocenters. The molecule has 1 amide bonds. The number of carbonyl (C=O) groups is 1. The van der Waals surface area contributed by atoms with E-state index in [1.807, 2.05) is 74.5 Å². The van der Waals surface area contributed by atoms with E-state index in [4.69, 9.17) is 21.1 Å². The van der Waals surface area contributed by atoms with Crippen molar-refractivity contribution in [3.8, 4) is 11.5 Å². The summed E-state index contributed by atoms with van der Waals surface area (Å²) in [5.41, 5.74) is 2.88. The van der Waals surface area contributed by atoms with Gasteiger partial charge in [0, 0.05) is 10.7 Å². The highest BCUT2D eigenvalue weighted by molar-refractivity contribution is 7.91. The Hall–Kier alpha value is -3.07. The first-order valence-corrected chi connectivity index (χ1v) is 16.1. The first-order chi connectivity index (χ1) is 19.4. The van der Waals surface area contributed by atoms with E-state index in [0.717, 1.165) is 16.7 Å². The normalized spacial score (nSPS) is 20.4. The minimum absolute atomic E-state index is 0.0677. The van der Waals surface area contributed by atoms with Gasteiger partial charge >= 0.3 is 0 Å². The minimum atomic E-state index is -3.04. The lowest BCUT2D eigenvalue weighted by molar-refractivity contribution is -0.118. The van der Waals surface area contributed by atoms with Gasteiger partial charge in [0.1, 0.15) is 9.84 Å². The monoisotopic (exact) mass is 597 g/mol. The van der Waals surface area contributed by atoms with Crippen LogP contribution in [0, 0.1) is 5.92 Å². The second kappa shape index (κ2) is 11.3. The third-order valence-electron chi connectivity index (χ3n) is 8.22. The van der Waals surface area contributed by atoms with Crippen LogP contribution in [-0.2, 0) is 26.7 Å². The fourth-order valence-corrected chi connectivity index (χ4v) is 7.59. The summed E-state index contributed by atoms with van der Waals surface area (Å²) in [6.45, 7) is 5.65. The molecule has 3 aromatic carbocycles. The quantitative estimate of drug-likeness (QED) is 0.367. The van der Waals surface area contributed by atoms with E-state index >= 15 is 0 Å². The van der Waals surface area contributed by atoms with Gasteiger partial charge in [-0.15, -0.1) is 0 Å². The maximum Gasteiger partial charge on any atom is 0.232 e. The van der Waals surface area contributed by atoms with E-state index < -0.39 is 21.5 Å². The summed E-state index contributed by atoms with van der Waals surface area (Å²) in [5.74, 6) is 1.12. The molecule has 2 aliphatic heterocycles. The molecular formula is C32H36ClNO6S. The molecule has 1 fully saturated rings. The summed E-state index contributed by atoms with van der Waals surface area (Å²) in [5, 5.41) is 12.1. The molecule has 5 rings (SSSR count). The van der Waals surface area contributed by atoms with Crippen LogP contribution in [0.3, 0.4) is 0 Å². The van der Waals surface area contributed by atoms with Crippen LogP contribution < -0.4 is 14.4 Å². The van der Waals surface area contributed by atoms with E-state index in [0.29, 0.717) is 40.6 Å². The lowest BCUT2D eigenvalue weighted by Crippen LogP contribution is -2.41. The number of hydrogen-bond donors (Lipinski definition) is 1. The number of rotatable bonds is 7. The van der Waals surface area contributed by atoms with Gasteiger partial charge in [-0.05, 0) is 98.2 Å². The van der Waals surface area contributed by atoms with Crippen molar-refractivity contribution >= 4 is 33.0 Å². The predicted octanol–water partition coefficient (Wildman–Crippen LogP) is 5.85. The Balaban J connectivity index is 1.55. The third-order valence-corrected chi connectivity index (χ3v) is 10.2. The number of fused-ring (bicyclic) bond motifs is 1. The van der Waals surface area contributed by atoms with Crippen molar-refractivity contribution in [3.05, 3.63) is 87.9 Å². The molecule has 1 unspecified atom stereocenters. The number of ether oxygens (including phenoxy) is 2. The van der Waals surface area contributed by atoms with Crippen molar-refractivity contribution in [2.75, 3.05) is 23.5 Å². The van der Waals surface area contributed by atoms with Gasteiger partial charge in [-0.1, -0.05) is 35.9 Å². The highest BCUT2D eigenvalue weighted by Crippen LogP contribution is 2.44. The standard InChI is InChI=1S/C32H36ClNO6S/c1-20(2)40-29-19-27-22(17-28(29)39-4)18-30(35)34(31(27)21-5-9-25(33)10-6-21)26-11-7-23(8-12-26)32(3,36)24-13-15-41(37,38)16-14-24/h5-12,17,19-20,24,31,36H,13-16,18H2,1-4H3/t31?,32-/m1/s1. The molecule has 0 aromatic heterocycles. The molecule has 1 saturated heterocycles. The van der Waals surface area contributed by atoms with Crippen molar-refractivity contribution in [1.29, 1.82) is 0 Å². The van der Waals surface area contributed by atoms with Gasteiger partial charge in [0.2, 0.25) is 5.91 Å². The Labute approximate surface area is 247 Å². The van der Waals surface area contributed by atoms with Gasteiger partial charge in [-0.2, -0.15) is 0 Å². The molecule has 1 N–H and O–H groups in total. The van der Waals surface area contributed by atoms with Gasteiger partial charge < -0.3 is 19.5 Å². The fraction of sp³-hybridized carbons (Fsp3) is 0.406. The Morgan fingerprint density at radius 3 is 2.22 bits per heavy atom. The summed E-state index contributed by atoms with van der Waals surface area (Å²) in [4.78, 5) is 15.6. The van der Waals surface area contributed by atoms with Crippen LogP contribution in [0.1, 0.15) is 61.9 Å². The number of sulfone groups is 1. The zero-order chi connectivity index (χ0) is 29.5. The highest BCUT2D eigenvalue weighted by atomic mass is 35.5. The number of aliphatic hydroxyl groups is 1. The number of carbonyl (C=O) groups excluding carboxylic acids is 1. The molecule has 9 heteroatoms. The van der Waals surface area contributed by atoms with Crippen molar-refractivity contribution in [2.24, 2.45) is 5.92 Å². The SMILES string of the molecule is COc1cc2c(cc1OC(C)C)C(c1ccc(Cl)cc1)N(c1ccc([C@@](C)(O)C3CCS(=O)(=O)CC3)cc1)C(=O)C2. The minimum Gasteiger partial charge on any atom is -0.493 e. The average Bonchev–Trinajstić information content (AvgIpc) is 2.92. The van der Waals surface area contributed by atoms with Crippen molar-refractivity contribution < 1.29 is 27.8 Å². The predicted molar refractivity (Wildman–Crippen MR) is 161 cm³/mol. The fourth-order valence-electron chi connectivity index (χ4n) is 5.98. The van der Waals surface area contributed by atoms with Gasteiger partial charge in [0.15, 0.2) is 11.5 Å². The number of hydrogen-bond acceptors (Lipinski definition) is 6. The van der Waals surface area contributed by atoms with Crippen LogP contribution in [0.25, 0.3) is 0 Å². The first kappa shape index (κ1) is 29.4. The molecule has 41 heavy (non-hydrogen) atoms. The molecule has 2 aliphatic rings. The van der Waals surface area contributed by atoms with Crippen LogP contribution in [0.2, 0.25) is 5.02 Å². The second-order valence-electron chi connectivity index (χ2n) is 11.4. The van der Waals surface area contributed by atoms with Gasteiger partial charge in [0.05, 0.1) is 42.8 Å². The van der Waals surface area contributed by atoms with E-state index in [1.165, 1.54) is 0 Å². The smallest absolute Gasteiger partial charge is 0.232 e. The Kier molecular flexibility index (Phi) is 8.12. The van der Waals surface area contributed by atoms with Gasteiger partial charge in [-0.25, -0.2) is 8.42 Å². The Morgan fingerprint density at radius 1 is 1.00 bits per heavy atom. The average molecular weight is 598 g/mol. The first-order valence-electron chi connectivity index (χ1n) is 13.9. The van der Waals surface area contributed by atoms with Crippen LogP contribution in [-0.4, -0.2) is 44.2 Å². The van der Waals surface area contributed by atoms with Crippen molar-refractivity contribution in [2.45, 2.75) is 57.8 Å². The zero-order valence-corrected chi connectivity index (χ0v) is 25.3. The number of halogens is 1. The third kappa shape index (κ3) is 5.96. The van der Waals surface area contributed by atoms with Gasteiger partial charge in [0.25, 0.3) is 0 Å². The molecule has 218 valence electrons. The lowest BCUT2D eigenvalue weighted by atomic mass is 9.79. The second-order valence-corrected chi connectivity index (χ2v) is 14.1. The van der Waals surface area contributed by atoms with Crippen LogP contribution >= 0.6 is 11.6 Å². The highest BCUT2D eigenvalue weighted by Gasteiger charge is 2.39. The summed E-state index contributed by atoms with van der Waals surface area (Å²) in [7, 11) is -1.45.